The van der Waals surface area contributed by atoms with Gasteiger partial charge in [-0.15, -0.1) is 11.8 Å². The largest absolute Gasteiger partial charge is 0.463 e. The van der Waals surface area contributed by atoms with E-state index < -0.39 is 23.3 Å². The van der Waals surface area contributed by atoms with Crippen molar-refractivity contribution in [2.45, 2.75) is 97.7 Å². The molecule has 2 amide bonds. The highest BCUT2D eigenvalue weighted by atomic mass is 32.2. The Morgan fingerprint density at radius 2 is 1.77 bits per heavy atom. The van der Waals surface area contributed by atoms with Gasteiger partial charge in [0.15, 0.2) is 0 Å². The van der Waals surface area contributed by atoms with Crippen LogP contribution in [0.4, 0.5) is 0 Å². The minimum atomic E-state index is -0.745. The van der Waals surface area contributed by atoms with Gasteiger partial charge in [0.05, 0.1) is 18.6 Å². The van der Waals surface area contributed by atoms with Crippen molar-refractivity contribution >= 4 is 29.5 Å². The Kier molecular flexibility index (Phi) is 11.7. The van der Waals surface area contributed by atoms with Gasteiger partial charge in [0.25, 0.3) is 0 Å². The summed E-state index contributed by atoms with van der Waals surface area (Å²) in [7, 11) is 1.74. The molecule has 2 rings (SSSR count). The SMILES string of the molecule is CCOC(=O)/C(C)=C/[C@H](C(C)C)N(C)C(=O)[C@@H](NC(=O)C1C=C(C)C[C@@H](c2ccccc2)SC1(C)C)C(C)(C)C. The Labute approximate surface area is 246 Å². The number of nitrogens with one attached hydrogen (secondary N) is 1. The van der Waals surface area contributed by atoms with Crippen molar-refractivity contribution in [3.63, 3.8) is 0 Å². The lowest BCUT2D eigenvalue weighted by atomic mass is 9.83. The number of carbonyl (C=O) groups excluding carboxylic acids is 3. The van der Waals surface area contributed by atoms with Crippen molar-refractivity contribution in [2.24, 2.45) is 17.3 Å². The molecule has 1 aliphatic rings. The maximum Gasteiger partial charge on any atom is 0.333 e. The molecule has 1 aliphatic heterocycles. The molecule has 0 saturated heterocycles. The van der Waals surface area contributed by atoms with E-state index in [1.807, 2.05) is 52.4 Å². The maximum absolute atomic E-state index is 14.0. The van der Waals surface area contributed by atoms with E-state index in [0.29, 0.717) is 12.2 Å². The van der Waals surface area contributed by atoms with E-state index in [-0.39, 0.29) is 33.8 Å². The van der Waals surface area contributed by atoms with Crippen molar-refractivity contribution in [2.75, 3.05) is 13.7 Å². The lowest BCUT2D eigenvalue weighted by Crippen LogP contribution is -2.58. The topological polar surface area (TPSA) is 75.7 Å². The third-order valence-corrected chi connectivity index (χ3v) is 9.09. The lowest BCUT2D eigenvalue weighted by Gasteiger charge is -2.39. The Hall–Kier alpha value is -2.54. The maximum atomic E-state index is 14.0. The van der Waals surface area contributed by atoms with Crippen LogP contribution in [0.15, 0.2) is 53.6 Å². The van der Waals surface area contributed by atoms with E-state index in [2.05, 4.69) is 56.4 Å². The molecule has 0 fully saturated rings. The molecule has 40 heavy (non-hydrogen) atoms. The predicted molar refractivity (Wildman–Crippen MR) is 166 cm³/mol. The molecule has 4 atom stereocenters. The fraction of sp³-hybridized carbons (Fsp3) is 0.606. The number of hydrogen-bond acceptors (Lipinski definition) is 5. The molecule has 0 bridgehead atoms. The number of allylic oxidation sites excluding steroid dienone is 1. The van der Waals surface area contributed by atoms with E-state index in [0.717, 1.165) is 6.42 Å². The molecular weight excluding hydrogens is 520 g/mol. The van der Waals surface area contributed by atoms with Gasteiger partial charge in [-0.3, -0.25) is 9.59 Å². The number of rotatable bonds is 9. The predicted octanol–water partition coefficient (Wildman–Crippen LogP) is 6.73. The van der Waals surface area contributed by atoms with Gasteiger partial charge in [-0.25, -0.2) is 4.79 Å². The number of nitrogens with zero attached hydrogens (tertiary/aromatic N) is 1. The molecule has 222 valence electrons. The summed E-state index contributed by atoms with van der Waals surface area (Å²) in [5, 5.41) is 3.40. The summed E-state index contributed by atoms with van der Waals surface area (Å²) in [5.74, 6) is -1.08. The Morgan fingerprint density at radius 3 is 2.30 bits per heavy atom. The fourth-order valence-electron chi connectivity index (χ4n) is 5.12. The van der Waals surface area contributed by atoms with Crippen LogP contribution in [0, 0.1) is 17.3 Å². The number of benzene rings is 1. The molecule has 0 aromatic heterocycles. The highest BCUT2D eigenvalue weighted by Gasteiger charge is 2.43. The highest BCUT2D eigenvalue weighted by Crippen LogP contribution is 2.49. The van der Waals surface area contributed by atoms with E-state index >= 15 is 0 Å². The second-order valence-corrected chi connectivity index (χ2v) is 14.7. The molecule has 6 nitrogen and oxygen atoms in total. The number of likely N-dealkylation sites (N-methyl/N-ethyl adjacent to an activating group) is 1. The van der Waals surface area contributed by atoms with Crippen LogP contribution in [-0.4, -0.2) is 53.2 Å². The number of esters is 1. The first-order chi connectivity index (χ1) is 18.5. The smallest absolute Gasteiger partial charge is 0.333 e. The number of carbonyl (C=O) groups is 3. The first-order valence-electron chi connectivity index (χ1n) is 14.3. The second-order valence-electron chi connectivity index (χ2n) is 12.9. The summed E-state index contributed by atoms with van der Waals surface area (Å²) < 4.78 is 4.76. The average molecular weight is 571 g/mol. The van der Waals surface area contributed by atoms with Crippen LogP contribution in [0.3, 0.4) is 0 Å². The van der Waals surface area contributed by atoms with Crippen LogP contribution in [-0.2, 0) is 19.1 Å². The fourth-order valence-corrected chi connectivity index (χ4v) is 6.82. The van der Waals surface area contributed by atoms with Gasteiger partial charge in [0, 0.05) is 22.6 Å². The number of hydrogen-bond donors (Lipinski definition) is 1. The van der Waals surface area contributed by atoms with Crippen LogP contribution < -0.4 is 5.32 Å². The summed E-state index contributed by atoms with van der Waals surface area (Å²) in [6, 6.07) is 9.35. The zero-order valence-corrected chi connectivity index (χ0v) is 27.1. The third kappa shape index (κ3) is 8.73. The molecule has 1 aromatic rings. The lowest BCUT2D eigenvalue weighted by molar-refractivity contribution is -0.141. The van der Waals surface area contributed by atoms with E-state index in [1.54, 1.807) is 31.9 Å². The minimum Gasteiger partial charge on any atom is -0.463 e. The van der Waals surface area contributed by atoms with E-state index in [4.69, 9.17) is 4.74 Å². The summed E-state index contributed by atoms with van der Waals surface area (Å²) in [6.07, 6.45) is 4.75. The van der Waals surface area contributed by atoms with E-state index in [9.17, 15) is 14.4 Å². The number of amides is 2. The quantitative estimate of drug-likeness (QED) is 0.202. The van der Waals surface area contributed by atoms with Crippen LogP contribution in [0.5, 0.6) is 0 Å². The van der Waals surface area contributed by atoms with Crippen LogP contribution >= 0.6 is 11.8 Å². The molecular formula is C33H50N2O4S. The summed E-state index contributed by atoms with van der Waals surface area (Å²) in [4.78, 5) is 41.9. The number of thioether (sulfide) groups is 1. The van der Waals surface area contributed by atoms with Gasteiger partial charge < -0.3 is 15.0 Å². The van der Waals surface area contributed by atoms with Crippen molar-refractivity contribution in [3.8, 4) is 0 Å². The van der Waals surface area contributed by atoms with Gasteiger partial charge in [0.1, 0.15) is 6.04 Å². The summed E-state index contributed by atoms with van der Waals surface area (Å²) in [6.45, 7) is 20.0. The molecule has 1 heterocycles. The van der Waals surface area contributed by atoms with Crippen molar-refractivity contribution < 1.29 is 19.1 Å². The van der Waals surface area contributed by atoms with E-state index in [1.165, 1.54) is 11.1 Å². The Balaban J connectivity index is 2.34. The van der Waals surface area contributed by atoms with Gasteiger partial charge in [-0.1, -0.05) is 82.7 Å². The standard InChI is InChI=1S/C33H50N2O4S/c1-12-39-31(38)23(5)20-26(21(2)3)35(11)30(37)28(32(6,7)8)34-29(36)25-18-22(4)19-27(40-33(25,9)10)24-16-14-13-15-17-24/h13-18,20-21,25-28H,12,19H2,1-11H3,(H,34,36)/b23-20+/t25?,26-,27+,28-/m1/s1. The average Bonchev–Trinajstić information content (AvgIpc) is 2.99. The van der Waals surface area contributed by atoms with Crippen LogP contribution in [0.1, 0.15) is 86.5 Å². The minimum absolute atomic E-state index is 0.0485. The third-order valence-electron chi connectivity index (χ3n) is 7.50. The molecule has 0 aliphatic carbocycles. The molecule has 1 aromatic carbocycles. The first-order valence-corrected chi connectivity index (χ1v) is 15.2. The van der Waals surface area contributed by atoms with Gasteiger partial charge >= 0.3 is 5.97 Å². The van der Waals surface area contributed by atoms with Crippen LogP contribution in [0.25, 0.3) is 0 Å². The van der Waals surface area contributed by atoms with Crippen molar-refractivity contribution in [1.29, 1.82) is 0 Å². The monoisotopic (exact) mass is 570 g/mol. The first kappa shape index (κ1) is 33.7. The molecule has 1 unspecified atom stereocenters. The zero-order valence-electron chi connectivity index (χ0n) is 26.3. The van der Waals surface area contributed by atoms with Gasteiger partial charge in [-0.05, 0) is 57.9 Å². The van der Waals surface area contributed by atoms with Crippen LogP contribution in [0.2, 0.25) is 0 Å². The molecule has 0 radical (unpaired) electrons. The Morgan fingerprint density at radius 1 is 1.18 bits per heavy atom. The second kappa shape index (κ2) is 13.9. The zero-order chi connectivity index (χ0) is 30.4. The number of ether oxygens (including phenoxy) is 1. The van der Waals surface area contributed by atoms with Gasteiger partial charge in [0.2, 0.25) is 11.8 Å². The molecule has 0 saturated carbocycles. The van der Waals surface area contributed by atoms with Crippen molar-refractivity contribution in [1.82, 2.24) is 10.2 Å². The normalized spacial score (nSPS) is 21.1. The van der Waals surface area contributed by atoms with Gasteiger partial charge in [-0.2, -0.15) is 0 Å². The molecule has 1 N–H and O–H groups in total. The Bertz CT molecular complexity index is 1100. The summed E-state index contributed by atoms with van der Waals surface area (Å²) in [5.41, 5.74) is 2.35. The highest BCUT2D eigenvalue weighted by molar-refractivity contribution is 8.00. The molecule has 7 heteroatoms. The summed E-state index contributed by atoms with van der Waals surface area (Å²) >= 11 is 1.81. The molecule has 0 spiro atoms. The van der Waals surface area contributed by atoms with Crippen molar-refractivity contribution in [3.05, 3.63) is 59.2 Å².